The molecule has 1 amide bonds. The minimum absolute atomic E-state index is 0. The standard InChI is InChI=1S/C16H31N5O.HI/c1-4-8-17-16(18-12-15(22)19(2)3)21-11-7-14(13-21)20-9-5-6-10-20;/h14H,4-13H2,1-3H3,(H,17,18);1H. The summed E-state index contributed by atoms with van der Waals surface area (Å²) in [5.74, 6) is 0.949. The molecule has 1 unspecified atom stereocenters. The second kappa shape index (κ2) is 10.3. The average Bonchev–Trinajstić information content (AvgIpc) is 3.17. The largest absolute Gasteiger partial charge is 0.356 e. The number of halogens is 1. The number of likely N-dealkylation sites (N-methyl/N-ethyl adjacent to an activating group) is 1. The van der Waals surface area contributed by atoms with Gasteiger partial charge in [-0.15, -0.1) is 24.0 Å². The lowest BCUT2D eigenvalue weighted by Gasteiger charge is -2.25. The second-order valence-electron chi connectivity index (χ2n) is 6.49. The predicted molar refractivity (Wildman–Crippen MR) is 105 cm³/mol. The number of guanidine groups is 1. The number of carbonyl (C=O) groups is 1. The molecule has 0 radical (unpaired) electrons. The molecule has 2 fully saturated rings. The molecule has 7 heteroatoms. The third-order valence-corrected chi connectivity index (χ3v) is 4.52. The van der Waals surface area contributed by atoms with E-state index in [4.69, 9.17) is 0 Å². The quantitative estimate of drug-likeness (QED) is 0.399. The van der Waals surface area contributed by atoms with Crippen LogP contribution < -0.4 is 5.32 Å². The molecule has 2 aliphatic rings. The van der Waals surface area contributed by atoms with Crippen molar-refractivity contribution in [3.8, 4) is 0 Å². The fraction of sp³-hybridized carbons (Fsp3) is 0.875. The van der Waals surface area contributed by atoms with Crippen LogP contribution in [0, 0.1) is 0 Å². The first-order valence-electron chi connectivity index (χ1n) is 8.59. The zero-order valence-corrected chi connectivity index (χ0v) is 17.1. The highest BCUT2D eigenvalue weighted by Crippen LogP contribution is 2.20. The van der Waals surface area contributed by atoms with Crippen LogP contribution in [0.15, 0.2) is 4.99 Å². The molecule has 2 aliphatic heterocycles. The molecule has 1 N–H and O–H groups in total. The number of rotatable bonds is 5. The molecule has 0 aliphatic carbocycles. The van der Waals surface area contributed by atoms with Crippen molar-refractivity contribution < 1.29 is 4.79 Å². The van der Waals surface area contributed by atoms with Gasteiger partial charge in [0.25, 0.3) is 0 Å². The third kappa shape index (κ3) is 6.10. The van der Waals surface area contributed by atoms with Gasteiger partial charge >= 0.3 is 0 Å². The van der Waals surface area contributed by atoms with E-state index in [-0.39, 0.29) is 36.4 Å². The van der Waals surface area contributed by atoms with Crippen LogP contribution in [-0.4, -0.2) is 86.0 Å². The molecule has 1 atom stereocenters. The average molecular weight is 437 g/mol. The van der Waals surface area contributed by atoms with Crippen molar-refractivity contribution in [3.05, 3.63) is 0 Å². The maximum Gasteiger partial charge on any atom is 0.243 e. The minimum Gasteiger partial charge on any atom is -0.356 e. The van der Waals surface area contributed by atoms with Gasteiger partial charge in [0, 0.05) is 39.8 Å². The van der Waals surface area contributed by atoms with E-state index in [1.54, 1.807) is 19.0 Å². The van der Waals surface area contributed by atoms with Gasteiger partial charge in [-0.1, -0.05) is 6.92 Å². The van der Waals surface area contributed by atoms with Gasteiger partial charge in [0.1, 0.15) is 6.54 Å². The Bertz CT molecular complexity index is 396. The van der Waals surface area contributed by atoms with Crippen LogP contribution >= 0.6 is 24.0 Å². The summed E-state index contributed by atoms with van der Waals surface area (Å²) in [6.07, 6.45) is 4.93. The van der Waals surface area contributed by atoms with Crippen LogP contribution in [0.25, 0.3) is 0 Å². The molecule has 2 heterocycles. The highest BCUT2D eigenvalue weighted by Gasteiger charge is 2.30. The van der Waals surface area contributed by atoms with Crippen molar-refractivity contribution in [3.63, 3.8) is 0 Å². The number of likely N-dealkylation sites (tertiary alicyclic amines) is 2. The Morgan fingerprint density at radius 3 is 2.57 bits per heavy atom. The molecular formula is C16H32IN5O. The molecular weight excluding hydrogens is 405 g/mol. The third-order valence-electron chi connectivity index (χ3n) is 4.52. The van der Waals surface area contributed by atoms with Crippen molar-refractivity contribution >= 4 is 35.8 Å². The van der Waals surface area contributed by atoms with E-state index in [1.165, 1.54) is 32.4 Å². The first-order valence-corrected chi connectivity index (χ1v) is 8.59. The SMILES string of the molecule is CCCNC(=NCC(=O)N(C)C)N1CCC(N2CCCC2)C1.I. The molecule has 0 aromatic rings. The number of amides is 1. The van der Waals surface area contributed by atoms with Gasteiger partial charge in [-0.25, -0.2) is 4.99 Å². The number of nitrogens with zero attached hydrogens (tertiary/aromatic N) is 4. The van der Waals surface area contributed by atoms with Crippen molar-refractivity contribution in [2.24, 2.45) is 4.99 Å². The molecule has 2 saturated heterocycles. The summed E-state index contributed by atoms with van der Waals surface area (Å²) in [6, 6.07) is 0.653. The number of carbonyl (C=O) groups excluding carboxylic acids is 1. The summed E-state index contributed by atoms with van der Waals surface area (Å²) < 4.78 is 0. The zero-order valence-electron chi connectivity index (χ0n) is 14.8. The molecule has 0 saturated carbocycles. The molecule has 0 spiro atoms. The highest BCUT2D eigenvalue weighted by atomic mass is 127. The molecule has 0 bridgehead atoms. The summed E-state index contributed by atoms with van der Waals surface area (Å²) in [4.78, 5) is 22.9. The molecule has 0 aromatic carbocycles. The first-order chi connectivity index (χ1) is 10.6. The fourth-order valence-electron chi connectivity index (χ4n) is 3.13. The summed E-state index contributed by atoms with van der Waals surface area (Å²) >= 11 is 0. The summed E-state index contributed by atoms with van der Waals surface area (Å²) in [5.41, 5.74) is 0. The fourth-order valence-corrected chi connectivity index (χ4v) is 3.13. The van der Waals surface area contributed by atoms with E-state index in [2.05, 4.69) is 27.0 Å². The maximum absolute atomic E-state index is 11.8. The van der Waals surface area contributed by atoms with Gasteiger partial charge in [0.2, 0.25) is 5.91 Å². The van der Waals surface area contributed by atoms with Crippen molar-refractivity contribution in [1.82, 2.24) is 20.0 Å². The molecule has 134 valence electrons. The first kappa shape index (κ1) is 20.5. The van der Waals surface area contributed by atoms with Gasteiger partial charge < -0.3 is 15.1 Å². The van der Waals surface area contributed by atoms with E-state index < -0.39 is 0 Å². The molecule has 6 nitrogen and oxygen atoms in total. The number of hydrogen-bond acceptors (Lipinski definition) is 3. The van der Waals surface area contributed by atoms with Crippen molar-refractivity contribution in [2.45, 2.75) is 38.6 Å². The minimum atomic E-state index is 0. The van der Waals surface area contributed by atoms with Crippen LogP contribution in [0.3, 0.4) is 0 Å². The van der Waals surface area contributed by atoms with Crippen LogP contribution in [0.4, 0.5) is 0 Å². The van der Waals surface area contributed by atoms with Crippen LogP contribution in [0.2, 0.25) is 0 Å². The Labute approximate surface area is 157 Å². The van der Waals surface area contributed by atoms with Gasteiger partial charge in [-0.3, -0.25) is 9.69 Å². The maximum atomic E-state index is 11.8. The lowest BCUT2D eigenvalue weighted by molar-refractivity contribution is -0.127. The monoisotopic (exact) mass is 437 g/mol. The van der Waals surface area contributed by atoms with E-state index in [0.717, 1.165) is 32.0 Å². The van der Waals surface area contributed by atoms with Crippen molar-refractivity contribution in [2.75, 3.05) is 53.4 Å². The van der Waals surface area contributed by atoms with E-state index in [0.29, 0.717) is 6.04 Å². The molecule has 23 heavy (non-hydrogen) atoms. The van der Waals surface area contributed by atoms with Crippen LogP contribution in [0.5, 0.6) is 0 Å². The van der Waals surface area contributed by atoms with Gasteiger partial charge in [0.15, 0.2) is 5.96 Å². The second-order valence-corrected chi connectivity index (χ2v) is 6.49. The Hall–Kier alpha value is -0.570. The molecule has 0 aromatic heterocycles. The Kier molecular flexibility index (Phi) is 9.19. The van der Waals surface area contributed by atoms with Crippen LogP contribution in [0.1, 0.15) is 32.6 Å². The zero-order chi connectivity index (χ0) is 15.9. The lowest BCUT2D eigenvalue weighted by Crippen LogP contribution is -2.43. The Balaban J connectivity index is 0.00000264. The van der Waals surface area contributed by atoms with Gasteiger partial charge in [-0.2, -0.15) is 0 Å². The Morgan fingerprint density at radius 1 is 1.26 bits per heavy atom. The topological polar surface area (TPSA) is 51.2 Å². The number of hydrogen-bond donors (Lipinski definition) is 1. The summed E-state index contributed by atoms with van der Waals surface area (Å²) in [7, 11) is 3.55. The number of aliphatic imine (C=N–C) groups is 1. The Morgan fingerprint density at radius 2 is 1.96 bits per heavy atom. The highest BCUT2D eigenvalue weighted by molar-refractivity contribution is 14.0. The van der Waals surface area contributed by atoms with Gasteiger partial charge in [0.05, 0.1) is 0 Å². The molecule has 2 rings (SSSR count). The van der Waals surface area contributed by atoms with E-state index in [1.807, 2.05) is 0 Å². The smallest absolute Gasteiger partial charge is 0.243 e. The normalized spacial score (nSPS) is 22.1. The van der Waals surface area contributed by atoms with Crippen molar-refractivity contribution in [1.29, 1.82) is 0 Å². The predicted octanol–water partition coefficient (Wildman–Crippen LogP) is 1.22. The summed E-state index contributed by atoms with van der Waals surface area (Å²) in [6.45, 7) is 7.83. The lowest BCUT2D eigenvalue weighted by atomic mass is 10.2. The van der Waals surface area contributed by atoms with E-state index >= 15 is 0 Å². The summed E-state index contributed by atoms with van der Waals surface area (Å²) in [5, 5.41) is 3.40. The van der Waals surface area contributed by atoms with Gasteiger partial charge in [-0.05, 0) is 38.8 Å². The van der Waals surface area contributed by atoms with E-state index in [9.17, 15) is 4.79 Å². The van der Waals surface area contributed by atoms with Crippen LogP contribution in [-0.2, 0) is 4.79 Å². The number of nitrogens with one attached hydrogen (secondary N) is 1.